The monoisotopic (exact) mass is 993 g/mol. The number of nitrogens with one attached hydrogen (secondary N) is 2. The molecule has 3 radical (unpaired) electrons. The number of cyclic esters (lactones) is 1. The molecule has 4 aromatic rings. The van der Waals surface area contributed by atoms with Crippen molar-refractivity contribution in [2.45, 2.75) is 103 Å². The van der Waals surface area contributed by atoms with Gasteiger partial charge in [0.05, 0.1) is 51.1 Å². The molecule has 0 spiro atoms. The van der Waals surface area contributed by atoms with E-state index in [1.807, 2.05) is 51.2 Å². The van der Waals surface area contributed by atoms with Crippen molar-refractivity contribution in [3.63, 3.8) is 0 Å². The summed E-state index contributed by atoms with van der Waals surface area (Å²) in [7, 11) is 12.6. The van der Waals surface area contributed by atoms with Crippen LogP contribution in [0.3, 0.4) is 0 Å². The van der Waals surface area contributed by atoms with E-state index in [-0.39, 0.29) is 49.6 Å². The molecule has 4 atom stereocenters. The van der Waals surface area contributed by atoms with Crippen LogP contribution in [0.1, 0.15) is 76.8 Å². The number of benzene rings is 1. The van der Waals surface area contributed by atoms with Crippen molar-refractivity contribution in [1.82, 2.24) is 49.9 Å². The largest absolute Gasteiger partial charge is 0.464 e. The number of carbonyl (C=O) groups is 5. The summed E-state index contributed by atoms with van der Waals surface area (Å²) in [6.45, 7) is 14.3. The van der Waals surface area contributed by atoms with Crippen molar-refractivity contribution in [3.8, 4) is 22.5 Å². The molecule has 2 fully saturated rings. The third kappa shape index (κ3) is 11.0. The molecule has 7 rings (SSSR count). The molecule has 3 aromatic heterocycles. The molecule has 19 heteroatoms. The predicted molar refractivity (Wildman–Crippen MR) is 272 cm³/mol. The van der Waals surface area contributed by atoms with Gasteiger partial charge < -0.3 is 39.0 Å². The van der Waals surface area contributed by atoms with Gasteiger partial charge in [-0.2, -0.15) is 0 Å². The van der Waals surface area contributed by atoms with E-state index in [0.717, 1.165) is 44.7 Å². The Hall–Kier alpha value is -5.47. The lowest BCUT2D eigenvalue weighted by atomic mass is 9.84. The molecular formula is C51H69N10O7SSi. The summed E-state index contributed by atoms with van der Waals surface area (Å²) in [6.07, 6.45) is 6.27. The average Bonchev–Trinajstić information content (AvgIpc) is 3.90. The fraction of sp³-hybridized carbons (Fsp3) is 0.549. The zero-order valence-electron chi connectivity index (χ0n) is 42.5. The van der Waals surface area contributed by atoms with Crippen LogP contribution in [0.4, 0.5) is 4.79 Å². The van der Waals surface area contributed by atoms with Crippen LogP contribution in [-0.4, -0.2) is 170 Å². The summed E-state index contributed by atoms with van der Waals surface area (Å²) >= 11 is 1.40. The second-order valence-electron chi connectivity index (χ2n) is 20.3. The minimum Gasteiger partial charge on any atom is -0.464 e. The van der Waals surface area contributed by atoms with E-state index in [4.69, 9.17) is 19.4 Å². The highest BCUT2D eigenvalue weighted by atomic mass is 32.1. The third-order valence-corrected chi connectivity index (χ3v) is 15.1. The average molecular weight is 994 g/mol. The molecule has 1 aromatic carbocycles. The molecule has 6 bridgehead atoms. The number of nitrogens with zero attached hydrogens (tertiary/aromatic N) is 8. The summed E-state index contributed by atoms with van der Waals surface area (Å²) in [5.74, 6) is -2.02. The number of amides is 5. The number of thiazole rings is 1. The van der Waals surface area contributed by atoms with Gasteiger partial charge in [-0.15, -0.1) is 11.3 Å². The summed E-state index contributed by atoms with van der Waals surface area (Å²) < 4.78 is 14.3. The van der Waals surface area contributed by atoms with Gasteiger partial charge in [-0.25, -0.2) is 15.2 Å². The lowest BCUT2D eigenvalue weighted by Crippen LogP contribution is -2.68. The van der Waals surface area contributed by atoms with E-state index in [1.54, 1.807) is 49.4 Å². The van der Waals surface area contributed by atoms with Gasteiger partial charge >= 0.3 is 12.0 Å². The second kappa shape index (κ2) is 21.5. The van der Waals surface area contributed by atoms with Crippen molar-refractivity contribution in [2.75, 3.05) is 68.1 Å². The number of hydrogen-bond acceptors (Lipinski definition) is 12. The van der Waals surface area contributed by atoms with E-state index in [9.17, 15) is 24.0 Å². The van der Waals surface area contributed by atoms with Crippen LogP contribution in [0, 0.1) is 11.3 Å². The van der Waals surface area contributed by atoms with Gasteiger partial charge in [-0.1, -0.05) is 39.8 Å². The van der Waals surface area contributed by atoms with Gasteiger partial charge in [-0.3, -0.25) is 29.2 Å². The zero-order valence-corrected chi connectivity index (χ0v) is 44.3. The number of fused-ring (bicyclic) bond motifs is 6. The first-order chi connectivity index (χ1) is 33.2. The molecule has 3 aliphatic rings. The molecule has 375 valence electrons. The Morgan fingerprint density at radius 3 is 2.54 bits per heavy atom. The number of likely N-dealkylation sites (tertiary alicyclic amines) is 1. The number of urea groups is 1. The molecule has 70 heavy (non-hydrogen) atoms. The molecule has 5 amide bonds. The number of rotatable bonds is 12. The molecule has 0 aliphatic carbocycles. The Morgan fingerprint density at radius 2 is 1.86 bits per heavy atom. The van der Waals surface area contributed by atoms with Gasteiger partial charge in [-0.05, 0) is 83.0 Å². The molecule has 17 nitrogen and oxygen atoms in total. The molecule has 3 aliphatic heterocycles. The van der Waals surface area contributed by atoms with E-state index in [0.29, 0.717) is 50.4 Å². The standard InChI is InChI=1S/C51H69N10O7SSi/c1-12-60-40-19-18-33-24-36(40)37(45(60)35-16-13-21-52-43(35)32(4)67-11)26-50(5,6)30-68-48(65)51(70)20-15-23-61(55-51)47(64)38(25-41-53-39(33)29-69-41)54-46(63)44(31(2)3)58(10)49(66)59-27-34(28-59)57(9)42(62)17-14-22-56(7)8/h13-14,16-19,21,24,29,31-32,34,38,44,55H,12,15,20,22-23,25-28,30H2,1-11H3,(H,54,63)/b17-14+/t32-,38-,44-,51-/m0/s1. The number of ether oxygens (including phenoxy) is 2. The maximum Gasteiger partial charge on any atom is 0.323 e. The third-order valence-electron chi connectivity index (χ3n) is 13.7. The van der Waals surface area contributed by atoms with Crippen molar-refractivity contribution in [3.05, 3.63) is 70.3 Å². The minimum atomic E-state index is -1.43. The lowest BCUT2D eigenvalue weighted by molar-refractivity contribution is -0.158. The molecule has 6 heterocycles. The van der Waals surface area contributed by atoms with Gasteiger partial charge in [0.2, 0.25) is 11.8 Å². The fourth-order valence-corrected chi connectivity index (χ4v) is 10.9. The van der Waals surface area contributed by atoms with Crippen molar-refractivity contribution in [2.24, 2.45) is 11.3 Å². The van der Waals surface area contributed by atoms with Crippen molar-refractivity contribution < 1.29 is 33.4 Å². The van der Waals surface area contributed by atoms with Gasteiger partial charge in [0.15, 0.2) is 0 Å². The molecule has 2 saturated heterocycles. The number of aryl methyl sites for hydroxylation is 1. The van der Waals surface area contributed by atoms with Crippen LogP contribution in [0.5, 0.6) is 0 Å². The Labute approximate surface area is 419 Å². The predicted octanol–water partition coefficient (Wildman–Crippen LogP) is 5.04. The zero-order chi connectivity index (χ0) is 50.8. The number of methoxy groups -OCH3 is 1. The highest BCUT2D eigenvalue weighted by Gasteiger charge is 2.45. The highest BCUT2D eigenvalue weighted by Crippen LogP contribution is 2.42. The number of pyridine rings is 1. The summed E-state index contributed by atoms with van der Waals surface area (Å²) in [4.78, 5) is 86.8. The van der Waals surface area contributed by atoms with E-state index < -0.39 is 40.4 Å². The Morgan fingerprint density at radius 1 is 1.11 bits per heavy atom. The fourth-order valence-electron chi connectivity index (χ4n) is 9.67. The first kappa shape index (κ1) is 52.4. The molecule has 2 N–H and O–H groups in total. The van der Waals surface area contributed by atoms with Gasteiger partial charge in [0.1, 0.15) is 17.2 Å². The van der Waals surface area contributed by atoms with E-state index in [2.05, 4.69) is 70.6 Å². The number of carbonyl (C=O) groups excluding carboxylic acids is 5. The Kier molecular flexibility index (Phi) is 16.1. The number of esters is 1. The first-order valence-electron chi connectivity index (χ1n) is 24.2. The minimum absolute atomic E-state index is 0.0473. The van der Waals surface area contributed by atoms with Crippen molar-refractivity contribution >= 4 is 62.2 Å². The smallest absolute Gasteiger partial charge is 0.323 e. The maximum atomic E-state index is 14.8. The maximum absolute atomic E-state index is 14.8. The Balaban J connectivity index is 1.21. The van der Waals surface area contributed by atoms with E-state index in [1.165, 1.54) is 21.2 Å². The van der Waals surface area contributed by atoms with E-state index >= 15 is 0 Å². The lowest BCUT2D eigenvalue weighted by Gasteiger charge is -2.46. The second-order valence-corrected chi connectivity index (χ2v) is 22.1. The van der Waals surface area contributed by atoms with Crippen LogP contribution < -0.4 is 10.7 Å². The van der Waals surface area contributed by atoms with Crippen molar-refractivity contribution in [1.29, 1.82) is 0 Å². The van der Waals surface area contributed by atoms with Crippen LogP contribution in [0.2, 0.25) is 0 Å². The summed E-state index contributed by atoms with van der Waals surface area (Å²) in [6, 6.07) is 7.78. The van der Waals surface area contributed by atoms with Gasteiger partial charge in [0, 0.05) is 105 Å². The quantitative estimate of drug-likeness (QED) is 0.111. The SMILES string of the molecule is CCn1c(-c2cccnc2[C@H](C)OC)c2c3cc(ccc31)-c1csc(n1)C[C@H](NC(=O)[C@H](C(C)C)N(C)C(=O)N1CC(N(C)C(=O)/C=C/CN(C)C)C1)C(=O)N1CCC[C@@]([Si])(N1)C(=O)OCC(C)(C)C2. The summed E-state index contributed by atoms with van der Waals surface area (Å²) in [5.41, 5.74) is 9.13. The number of hydrazine groups is 1. The molecule has 0 unspecified atom stereocenters. The highest BCUT2D eigenvalue weighted by molar-refractivity contribution is 7.10. The number of aromatic nitrogens is 3. The molecular weight excluding hydrogens is 925 g/mol. The Bertz CT molecular complexity index is 2620. The summed E-state index contributed by atoms with van der Waals surface area (Å²) in [5, 5.41) is 6.60. The number of likely N-dealkylation sites (N-methyl/N-ethyl adjacent to an activating group) is 3. The van der Waals surface area contributed by atoms with Gasteiger partial charge in [0.25, 0.3) is 5.91 Å². The van der Waals surface area contributed by atoms with Crippen LogP contribution in [0.15, 0.2) is 54.1 Å². The number of hydrogen-bond donors (Lipinski definition) is 2. The first-order valence-corrected chi connectivity index (χ1v) is 25.5. The van der Waals surface area contributed by atoms with Crippen LogP contribution >= 0.6 is 11.3 Å². The topological polar surface area (TPSA) is 175 Å². The molecule has 0 saturated carbocycles. The normalized spacial score (nSPS) is 20.9. The van der Waals surface area contributed by atoms with Crippen LogP contribution in [0.25, 0.3) is 33.4 Å². The van der Waals surface area contributed by atoms with Crippen LogP contribution in [-0.2, 0) is 48.0 Å².